The molecule has 3 heteroatoms. The molecule has 1 N–H and O–H groups in total. The van der Waals surface area contributed by atoms with E-state index in [0.717, 1.165) is 0 Å². The highest BCUT2D eigenvalue weighted by atomic mass is 15.2. The van der Waals surface area contributed by atoms with E-state index in [9.17, 15) is 0 Å². The van der Waals surface area contributed by atoms with Gasteiger partial charge in [-0.15, -0.1) is 0 Å². The minimum absolute atomic E-state index is 0.514. The fraction of sp³-hybridized carbons (Fsp3) is 1.00. The van der Waals surface area contributed by atoms with Crippen molar-refractivity contribution in [2.45, 2.75) is 58.0 Å². The lowest BCUT2D eigenvalue weighted by Crippen LogP contribution is -2.53. The van der Waals surface area contributed by atoms with Crippen LogP contribution in [0.3, 0.4) is 0 Å². The summed E-state index contributed by atoms with van der Waals surface area (Å²) in [6, 6.07) is 1.38. The van der Waals surface area contributed by atoms with Gasteiger partial charge >= 0.3 is 0 Å². The molecule has 2 rings (SSSR count). The van der Waals surface area contributed by atoms with E-state index in [0.29, 0.717) is 17.5 Å². The van der Waals surface area contributed by atoms with Crippen molar-refractivity contribution in [1.82, 2.24) is 15.1 Å². The van der Waals surface area contributed by atoms with Crippen LogP contribution >= 0.6 is 0 Å². The van der Waals surface area contributed by atoms with Crippen molar-refractivity contribution in [1.29, 1.82) is 0 Å². The fourth-order valence-electron chi connectivity index (χ4n) is 3.82. The number of hydrogen-bond acceptors (Lipinski definition) is 3. The van der Waals surface area contributed by atoms with E-state index in [1.54, 1.807) is 0 Å². The van der Waals surface area contributed by atoms with E-state index in [-0.39, 0.29) is 0 Å². The van der Waals surface area contributed by atoms with Gasteiger partial charge in [0.25, 0.3) is 0 Å². The molecule has 2 fully saturated rings. The Hall–Kier alpha value is -0.120. The largest absolute Gasteiger partial charge is 0.315 e. The summed E-state index contributed by atoms with van der Waals surface area (Å²) in [6.07, 6.45) is 6.81. The highest BCUT2D eigenvalue weighted by Crippen LogP contribution is 2.37. The van der Waals surface area contributed by atoms with Crippen molar-refractivity contribution >= 4 is 0 Å². The maximum absolute atomic E-state index is 3.55. The topological polar surface area (TPSA) is 18.5 Å². The molecule has 0 aromatic carbocycles. The first-order valence-corrected chi connectivity index (χ1v) is 8.12. The molecule has 0 aromatic rings. The Kier molecular flexibility index (Phi) is 5.27. The van der Waals surface area contributed by atoms with E-state index >= 15 is 0 Å². The molecule has 2 atom stereocenters. The molecule has 0 bridgehead atoms. The summed E-state index contributed by atoms with van der Waals surface area (Å²) >= 11 is 0. The van der Waals surface area contributed by atoms with Crippen LogP contribution in [0.1, 0.15) is 46.0 Å². The van der Waals surface area contributed by atoms with Gasteiger partial charge in [-0.3, -0.25) is 0 Å². The lowest BCUT2D eigenvalue weighted by atomic mass is 9.72. The molecule has 0 radical (unpaired) electrons. The third-order valence-electron chi connectivity index (χ3n) is 5.26. The Labute approximate surface area is 119 Å². The lowest BCUT2D eigenvalue weighted by Gasteiger charge is -2.45. The zero-order chi connectivity index (χ0) is 13.9. The van der Waals surface area contributed by atoms with Gasteiger partial charge in [0.05, 0.1) is 0 Å². The minimum Gasteiger partial charge on any atom is -0.315 e. The van der Waals surface area contributed by atoms with Gasteiger partial charge in [0.1, 0.15) is 0 Å². The van der Waals surface area contributed by atoms with E-state index in [4.69, 9.17) is 0 Å². The normalized spacial score (nSPS) is 32.1. The van der Waals surface area contributed by atoms with Crippen LogP contribution in [0.15, 0.2) is 0 Å². The second kappa shape index (κ2) is 6.55. The molecule has 3 nitrogen and oxygen atoms in total. The average molecular weight is 267 g/mol. The summed E-state index contributed by atoms with van der Waals surface area (Å²) in [5, 5.41) is 3.55. The zero-order valence-corrected chi connectivity index (χ0v) is 13.4. The summed E-state index contributed by atoms with van der Waals surface area (Å²) in [7, 11) is 4.46. The number of likely N-dealkylation sites (N-methyl/N-ethyl adjacent to an activating group) is 2. The molecule has 0 aromatic heterocycles. The monoisotopic (exact) mass is 267 g/mol. The van der Waals surface area contributed by atoms with Gasteiger partial charge in [-0.1, -0.05) is 13.8 Å². The molecule has 112 valence electrons. The molecule has 0 spiro atoms. The van der Waals surface area contributed by atoms with Gasteiger partial charge in [-0.2, -0.15) is 0 Å². The summed E-state index contributed by atoms with van der Waals surface area (Å²) in [4.78, 5) is 5.24. The lowest BCUT2D eigenvalue weighted by molar-refractivity contribution is 0.0790. The van der Waals surface area contributed by atoms with E-state index in [2.05, 4.69) is 43.1 Å². The van der Waals surface area contributed by atoms with Gasteiger partial charge in [0, 0.05) is 25.2 Å². The first-order chi connectivity index (χ1) is 9.02. The second-order valence-electron chi connectivity index (χ2n) is 7.40. The minimum atomic E-state index is 0.514. The van der Waals surface area contributed by atoms with Gasteiger partial charge in [0.2, 0.25) is 0 Å². The molecule has 1 heterocycles. The average Bonchev–Trinajstić information content (AvgIpc) is 2.88. The van der Waals surface area contributed by atoms with Gasteiger partial charge < -0.3 is 15.1 Å². The number of likely N-dealkylation sites (tertiary alicyclic amines) is 1. The maximum atomic E-state index is 3.55. The van der Waals surface area contributed by atoms with Crippen LogP contribution in [-0.2, 0) is 0 Å². The van der Waals surface area contributed by atoms with Crippen LogP contribution in [0.5, 0.6) is 0 Å². The molecule has 19 heavy (non-hydrogen) atoms. The first-order valence-electron chi connectivity index (χ1n) is 8.12. The van der Waals surface area contributed by atoms with Crippen LogP contribution in [0.2, 0.25) is 0 Å². The molecule has 0 amide bonds. The number of rotatable bonds is 5. The smallest absolute Gasteiger partial charge is 0.0251 e. The Balaban J connectivity index is 1.85. The van der Waals surface area contributed by atoms with Crippen LogP contribution < -0.4 is 5.32 Å². The van der Waals surface area contributed by atoms with E-state index in [1.165, 1.54) is 58.3 Å². The highest BCUT2D eigenvalue weighted by Gasteiger charge is 2.36. The number of nitrogens with one attached hydrogen (secondary N) is 1. The van der Waals surface area contributed by atoms with Crippen LogP contribution in [0.25, 0.3) is 0 Å². The Morgan fingerprint density at radius 3 is 2.58 bits per heavy atom. The molecular weight excluding hydrogens is 234 g/mol. The predicted octanol–water partition coefficient (Wildman–Crippen LogP) is 2.18. The SMILES string of the molecule is CNC1CCC(C)(C)CC1N(C)CCN1CCCC1. The quantitative estimate of drug-likeness (QED) is 0.824. The van der Waals surface area contributed by atoms with Crippen molar-refractivity contribution in [3.8, 4) is 0 Å². The highest BCUT2D eigenvalue weighted by molar-refractivity contribution is 4.93. The summed E-state index contributed by atoms with van der Waals surface area (Å²) in [6.45, 7) is 9.97. The third-order valence-corrected chi connectivity index (χ3v) is 5.26. The summed E-state index contributed by atoms with van der Waals surface area (Å²) in [5.41, 5.74) is 0.514. The third kappa shape index (κ3) is 4.17. The van der Waals surface area contributed by atoms with Crippen molar-refractivity contribution in [3.05, 3.63) is 0 Å². The first kappa shape index (κ1) is 15.3. The number of hydrogen-bond donors (Lipinski definition) is 1. The van der Waals surface area contributed by atoms with Gasteiger partial charge in [-0.05, 0) is 64.7 Å². The van der Waals surface area contributed by atoms with Gasteiger partial charge in [0.15, 0.2) is 0 Å². The molecule has 1 aliphatic carbocycles. The second-order valence-corrected chi connectivity index (χ2v) is 7.40. The van der Waals surface area contributed by atoms with E-state index in [1.807, 2.05) is 0 Å². The summed E-state index contributed by atoms with van der Waals surface area (Å²) in [5.74, 6) is 0. The Morgan fingerprint density at radius 1 is 1.26 bits per heavy atom. The summed E-state index contributed by atoms with van der Waals surface area (Å²) < 4.78 is 0. The number of nitrogens with zero attached hydrogens (tertiary/aromatic N) is 2. The fourth-order valence-corrected chi connectivity index (χ4v) is 3.82. The molecule has 2 aliphatic rings. The van der Waals surface area contributed by atoms with Crippen molar-refractivity contribution in [3.63, 3.8) is 0 Å². The van der Waals surface area contributed by atoms with Gasteiger partial charge in [-0.25, -0.2) is 0 Å². The van der Waals surface area contributed by atoms with Crippen molar-refractivity contribution < 1.29 is 0 Å². The van der Waals surface area contributed by atoms with Crippen molar-refractivity contribution in [2.24, 2.45) is 5.41 Å². The Morgan fingerprint density at radius 2 is 1.95 bits per heavy atom. The molecule has 1 saturated heterocycles. The van der Waals surface area contributed by atoms with Crippen LogP contribution in [0.4, 0.5) is 0 Å². The van der Waals surface area contributed by atoms with Crippen LogP contribution in [0, 0.1) is 5.41 Å². The maximum Gasteiger partial charge on any atom is 0.0251 e. The zero-order valence-electron chi connectivity index (χ0n) is 13.4. The molecule has 1 aliphatic heterocycles. The standard InChI is InChI=1S/C16H33N3/c1-16(2)8-7-14(17-3)15(13-16)18(4)11-12-19-9-5-6-10-19/h14-15,17H,5-13H2,1-4H3. The van der Waals surface area contributed by atoms with Crippen LogP contribution in [-0.4, -0.2) is 62.2 Å². The van der Waals surface area contributed by atoms with Crippen molar-refractivity contribution in [2.75, 3.05) is 40.3 Å². The molecule has 2 unspecified atom stereocenters. The van der Waals surface area contributed by atoms with E-state index < -0.39 is 0 Å². The molecular formula is C16H33N3. The Bertz CT molecular complexity index is 271. The predicted molar refractivity (Wildman–Crippen MR) is 82.6 cm³/mol. The molecule has 1 saturated carbocycles.